The summed E-state index contributed by atoms with van der Waals surface area (Å²) in [6, 6.07) is 18.3. The number of H-pyrrole nitrogens is 1. The Bertz CT molecular complexity index is 1390. The second-order valence-electron chi connectivity index (χ2n) is 10.2. The highest BCUT2D eigenvalue weighted by atomic mass is 32.1. The van der Waals surface area contributed by atoms with Gasteiger partial charge in [-0.25, -0.2) is 4.79 Å². The molecule has 5 rings (SSSR count). The first-order valence-electron chi connectivity index (χ1n) is 12.7. The van der Waals surface area contributed by atoms with Crippen LogP contribution in [0.1, 0.15) is 56.1 Å². The Morgan fingerprint density at radius 2 is 1.61 bits per heavy atom. The number of carbonyl (C=O) groups is 2. The van der Waals surface area contributed by atoms with Crippen molar-refractivity contribution in [2.75, 3.05) is 4.90 Å². The molecule has 1 aliphatic carbocycles. The van der Waals surface area contributed by atoms with Crippen LogP contribution in [0.5, 0.6) is 0 Å². The van der Waals surface area contributed by atoms with Crippen LogP contribution in [-0.4, -0.2) is 28.0 Å². The Balaban J connectivity index is 1.46. The molecule has 1 saturated carbocycles. The standard InChI is InChI=1S/C30H32N2O3S/c1-18(2)32(29(33)23-6-4-19(3)5-7-23)26-17-27(36-28(26)30(34)35)22-11-8-20(9-12-22)24-13-10-21-14-15-31-25(21)16-24/h8-19,23,31H,4-7H2,1-3H3,(H,34,35)/t19-,23-. The summed E-state index contributed by atoms with van der Waals surface area (Å²) >= 11 is 1.24. The predicted octanol–water partition coefficient (Wildman–Crippen LogP) is 7.83. The van der Waals surface area contributed by atoms with Crippen LogP contribution >= 0.6 is 11.3 Å². The summed E-state index contributed by atoms with van der Waals surface area (Å²) < 4.78 is 0. The molecule has 0 atom stereocenters. The Morgan fingerprint density at radius 3 is 2.28 bits per heavy atom. The number of carbonyl (C=O) groups excluding carboxylic acids is 1. The number of aromatic nitrogens is 1. The summed E-state index contributed by atoms with van der Waals surface area (Å²) in [5.41, 5.74) is 4.77. The molecule has 2 N–H and O–H groups in total. The van der Waals surface area contributed by atoms with Gasteiger partial charge in [0.05, 0.1) is 5.69 Å². The fourth-order valence-corrected chi connectivity index (χ4v) is 6.26. The zero-order chi connectivity index (χ0) is 25.4. The number of aromatic carboxylic acids is 1. The summed E-state index contributed by atoms with van der Waals surface area (Å²) in [5, 5.41) is 11.2. The van der Waals surface area contributed by atoms with Crippen LogP contribution in [0.25, 0.3) is 32.5 Å². The minimum Gasteiger partial charge on any atom is -0.477 e. The van der Waals surface area contributed by atoms with Crippen molar-refractivity contribution in [3.05, 3.63) is 65.7 Å². The van der Waals surface area contributed by atoms with Crippen LogP contribution in [0, 0.1) is 11.8 Å². The minimum atomic E-state index is -0.993. The van der Waals surface area contributed by atoms with Gasteiger partial charge in [-0.1, -0.05) is 43.3 Å². The van der Waals surface area contributed by atoms with Crippen LogP contribution in [-0.2, 0) is 4.79 Å². The quantitative estimate of drug-likeness (QED) is 0.283. The number of rotatable bonds is 6. The van der Waals surface area contributed by atoms with Crippen LogP contribution in [0.3, 0.4) is 0 Å². The maximum Gasteiger partial charge on any atom is 0.348 e. The first-order chi connectivity index (χ1) is 17.3. The van der Waals surface area contributed by atoms with Gasteiger partial charge in [-0.2, -0.15) is 0 Å². The number of fused-ring (bicyclic) bond motifs is 1. The molecule has 0 spiro atoms. The third-order valence-electron chi connectivity index (χ3n) is 7.34. The van der Waals surface area contributed by atoms with Crippen molar-refractivity contribution >= 4 is 39.8 Å². The molecule has 2 aromatic heterocycles. The summed E-state index contributed by atoms with van der Waals surface area (Å²) in [6.07, 6.45) is 5.78. The lowest BCUT2D eigenvalue weighted by Crippen LogP contribution is -2.42. The predicted molar refractivity (Wildman–Crippen MR) is 148 cm³/mol. The maximum absolute atomic E-state index is 13.6. The second-order valence-corrected chi connectivity index (χ2v) is 11.3. The van der Waals surface area contributed by atoms with Gasteiger partial charge in [-0.15, -0.1) is 11.3 Å². The van der Waals surface area contributed by atoms with Crippen LogP contribution in [0.15, 0.2) is 60.8 Å². The zero-order valence-electron chi connectivity index (χ0n) is 21.0. The molecule has 0 radical (unpaired) electrons. The number of hydrogen-bond donors (Lipinski definition) is 2. The van der Waals surface area contributed by atoms with Crippen molar-refractivity contribution in [2.24, 2.45) is 11.8 Å². The van der Waals surface area contributed by atoms with E-state index in [2.05, 4.69) is 48.3 Å². The largest absolute Gasteiger partial charge is 0.477 e. The molecule has 0 bridgehead atoms. The zero-order valence-corrected chi connectivity index (χ0v) is 21.8. The molecule has 1 aliphatic rings. The average Bonchev–Trinajstić information content (AvgIpc) is 3.51. The topological polar surface area (TPSA) is 73.4 Å². The van der Waals surface area contributed by atoms with Gasteiger partial charge in [-0.05, 0) is 85.7 Å². The van der Waals surface area contributed by atoms with Crippen LogP contribution in [0.4, 0.5) is 5.69 Å². The van der Waals surface area contributed by atoms with Crippen LogP contribution < -0.4 is 4.90 Å². The van der Waals surface area contributed by atoms with Crippen molar-refractivity contribution < 1.29 is 14.7 Å². The Morgan fingerprint density at radius 1 is 0.944 bits per heavy atom. The van der Waals surface area contributed by atoms with Gasteiger partial charge in [-0.3, -0.25) is 4.79 Å². The molecule has 4 aromatic rings. The molecule has 0 saturated heterocycles. The van der Waals surface area contributed by atoms with Gasteiger partial charge < -0.3 is 15.0 Å². The molecule has 2 aromatic carbocycles. The SMILES string of the molecule is CC(C)N(c1cc(-c2ccc(-c3ccc4cc[nH]c4c3)cc2)sc1C(=O)O)C(=O)[C@H]1CC[C@H](C)CC1. The number of amides is 1. The minimum absolute atomic E-state index is 0.0371. The normalized spacial score (nSPS) is 18.0. The molecular weight excluding hydrogens is 468 g/mol. The summed E-state index contributed by atoms with van der Waals surface area (Å²) in [7, 11) is 0. The molecule has 5 nitrogen and oxygen atoms in total. The van der Waals surface area contributed by atoms with E-state index >= 15 is 0 Å². The summed E-state index contributed by atoms with van der Waals surface area (Å²) in [6.45, 7) is 6.16. The van der Waals surface area contributed by atoms with Crippen molar-refractivity contribution in [1.29, 1.82) is 0 Å². The molecule has 0 aliphatic heterocycles. The maximum atomic E-state index is 13.6. The molecule has 186 valence electrons. The highest BCUT2D eigenvalue weighted by Gasteiger charge is 2.33. The molecule has 2 heterocycles. The molecule has 0 unspecified atom stereocenters. The van der Waals surface area contributed by atoms with Gasteiger partial charge in [0.15, 0.2) is 0 Å². The van der Waals surface area contributed by atoms with Gasteiger partial charge in [0.2, 0.25) is 5.91 Å². The first kappa shape index (κ1) is 24.3. The van der Waals surface area contributed by atoms with E-state index in [0.717, 1.165) is 52.8 Å². The summed E-state index contributed by atoms with van der Waals surface area (Å²) in [5.74, 6) is -0.326. The molecule has 6 heteroatoms. The third-order valence-corrected chi connectivity index (χ3v) is 8.50. The number of carboxylic acids is 1. The highest BCUT2D eigenvalue weighted by Crippen LogP contribution is 2.40. The monoisotopic (exact) mass is 500 g/mol. The average molecular weight is 501 g/mol. The van der Waals surface area contributed by atoms with E-state index in [1.165, 1.54) is 16.7 Å². The number of nitrogens with one attached hydrogen (secondary N) is 1. The van der Waals surface area contributed by atoms with Gasteiger partial charge in [0, 0.05) is 28.6 Å². The number of aromatic amines is 1. The fraction of sp³-hybridized carbons (Fsp3) is 0.333. The number of thiophene rings is 1. The van der Waals surface area contributed by atoms with Gasteiger partial charge in [0.1, 0.15) is 4.88 Å². The second kappa shape index (κ2) is 9.94. The lowest BCUT2D eigenvalue weighted by Gasteiger charge is -2.33. The lowest BCUT2D eigenvalue weighted by atomic mass is 9.82. The smallest absolute Gasteiger partial charge is 0.348 e. The van der Waals surface area contributed by atoms with E-state index in [4.69, 9.17) is 0 Å². The Hall–Kier alpha value is -3.38. The van der Waals surface area contributed by atoms with E-state index in [9.17, 15) is 14.7 Å². The highest BCUT2D eigenvalue weighted by molar-refractivity contribution is 7.18. The number of benzene rings is 2. The van der Waals surface area contributed by atoms with E-state index in [0.29, 0.717) is 11.6 Å². The number of hydrogen-bond acceptors (Lipinski definition) is 3. The van der Waals surface area contributed by atoms with E-state index < -0.39 is 5.97 Å². The van der Waals surface area contributed by atoms with Crippen molar-refractivity contribution in [1.82, 2.24) is 4.98 Å². The number of nitrogens with zero attached hydrogens (tertiary/aromatic N) is 1. The van der Waals surface area contributed by atoms with Gasteiger partial charge in [0.25, 0.3) is 0 Å². The summed E-state index contributed by atoms with van der Waals surface area (Å²) in [4.78, 5) is 31.9. The van der Waals surface area contributed by atoms with Crippen molar-refractivity contribution in [2.45, 2.75) is 52.5 Å². The molecule has 36 heavy (non-hydrogen) atoms. The third kappa shape index (κ3) is 4.70. The Kier molecular flexibility index (Phi) is 6.71. The van der Waals surface area contributed by atoms with Crippen molar-refractivity contribution in [3.8, 4) is 21.6 Å². The molecule has 1 amide bonds. The van der Waals surface area contributed by atoms with E-state index in [1.807, 2.05) is 38.2 Å². The Labute approximate surface area is 215 Å². The number of anilines is 1. The number of carboxylic acid groups (broad SMARTS) is 1. The lowest BCUT2D eigenvalue weighted by molar-refractivity contribution is -0.123. The first-order valence-corrected chi connectivity index (χ1v) is 13.5. The van der Waals surface area contributed by atoms with Crippen molar-refractivity contribution in [3.63, 3.8) is 0 Å². The van der Waals surface area contributed by atoms with Gasteiger partial charge >= 0.3 is 5.97 Å². The van der Waals surface area contributed by atoms with Crippen LogP contribution in [0.2, 0.25) is 0 Å². The molecule has 1 fully saturated rings. The molecular formula is C30H32N2O3S. The van der Waals surface area contributed by atoms with E-state index in [1.54, 1.807) is 4.90 Å². The fourth-order valence-electron chi connectivity index (χ4n) is 5.27. The van der Waals surface area contributed by atoms with E-state index in [-0.39, 0.29) is 22.7 Å².